The van der Waals surface area contributed by atoms with Crippen molar-refractivity contribution in [2.75, 3.05) is 26.2 Å². The van der Waals surface area contributed by atoms with Gasteiger partial charge in [-0.2, -0.15) is 0 Å². The summed E-state index contributed by atoms with van der Waals surface area (Å²) in [6, 6.07) is 0.353. The molecule has 0 aromatic rings. The van der Waals surface area contributed by atoms with Crippen molar-refractivity contribution in [1.82, 2.24) is 10.2 Å². The van der Waals surface area contributed by atoms with Crippen LogP contribution in [0.5, 0.6) is 0 Å². The first-order valence-corrected chi connectivity index (χ1v) is 5.88. The van der Waals surface area contributed by atoms with Crippen LogP contribution >= 0.6 is 0 Å². The Kier molecular flexibility index (Phi) is 4.70. The Hall–Kier alpha value is -0.650. The summed E-state index contributed by atoms with van der Waals surface area (Å²) in [6.07, 6.45) is 1.99. The summed E-state index contributed by atoms with van der Waals surface area (Å²) in [5.74, 6) is -1.15. The molecule has 1 rings (SSSR count). The highest BCUT2D eigenvalue weighted by molar-refractivity contribution is 5.76. The number of nitrogens with zero attached hydrogens (tertiary/aromatic N) is 1. The summed E-state index contributed by atoms with van der Waals surface area (Å²) in [6.45, 7) is 6.30. The molecule has 0 aromatic carbocycles. The van der Waals surface area contributed by atoms with Crippen LogP contribution in [0.3, 0.4) is 0 Å². The van der Waals surface area contributed by atoms with E-state index in [9.17, 15) is 9.90 Å². The van der Waals surface area contributed by atoms with Crippen molar-refractivity contribution in [3.8, 4) is 0 Å². The molecule has 5 nitrogen and oxygen atoms in total. The number of rotatable bonds is 6. The molecule has 0 aromatic heterocycles. The number of carboxylic acids is 1. The van der Waals surface area contributed by atoms with Crippen LogP contribution < -0.4 is 5.32 Å². The minimum absolute atomic E-state index is 0.197. The number of carbonyl (C=O) groups is 1. The lowest BCUT2D eigenvalue weighted by Gasteiger charge is -2.32. The predicted octanol–water partition coefficient (Wildman–Crippen LogP) is -0.104. The number of aliphatic hydroxyl groups is 1. The molecule has 0 spiro atoms. The predicted molar refractivity (Wildman–Crippen MR) is 61.4 cm³/mol. The van der Waals surface area contributed by atoms with Crippen molar-refractivity contribution in [2.45, 2.75) is 38.3 Å². The highest BCUT2D eigenvalue weighted by Gasteiger charge is 2.35. The number of nitrogens with one attached hydrogen (secondary N) is 1. The molecule has 2 atom stereocenters. The molecule has 1 aliphatic heterocycles. The quantitative estimate of drug-likeness (QED) is 0.594. The fourth-order valence-electron chi connectivity index (χ4n) is 2.09. The third kappa shape index (κ3) is 3.43. The molecule has 1 saturated heterocycles. The average molecular weight is 230 g/mol. The van der Waals surface area contributed by atoms with Crippen molar-refractivity contribution in [2.24, 2.45) is 0 Å². The first kappa shape index (κ1) is 13.4. The van der Waals surface area contributed by atoms with Gasteiger partial charge in [0.1, 0.15) is 0 Å². The third-order valence-electron chi connectivity index (χ3n) is 3.03. The van der Waals surface area contributed by atoms with Gasteiger partial charge in [0, 0.05) is 19.1 Å². The molecule has 0 amide bonds. The van der Waals surface area contributed by atoms with E-state index in [-0.39, 0.29) is 6.54 Å². The van der Waals surface area contributed by atoms with Gasteiger partial charge in [0.2, 0.25) is 0 Å². The fraction of sp³-hybridized carbons (Fsp3) is 0.909. The minimum atomic E-state index is -1.65. The van der Waals surface area contributed by atoms with Gasteiger partial charge in [0.25, 0.3) is 0 Å². The molecule has 2 unspecified atom stereocenters. The maximum Gasteiger partial charge on any atom is 0.336 e. The molecule has 0 saturated carbocycles. The van der Waals surface area contributed by atoms with E-state index < -0.39 is 11.6 Å². The molecule has 0 radical (unpaired) electrons. The zero-order chi connectivity index (χ0) is 12.2. The van der Waals surface area contributed by atoms with Gasteiger partial charge in [-0.3, -0.25) is 4.90 Å². The minimum Gasteiger partial charge on any atom is -0.479 e. The zero-order valence-corrected chi connectivity index (χ0v) is 10.1. The lowest BCUT2D eigenvalue weighted by molar-refractivity contribution is -0.159. The monoisotopic (exact) mass is 230 g/mol. The van der Waals surface area contributed by atoms with Crippen LogP contribution in [0.1, 0.15) is 26.7 Å². The van der Waals surface area contributed by atoms with E-state index in [0.717, 1.165) is 32.5 Å². The molecule has 1 aliphatic rings. The first-order valence-electron chi connectivity index (χ1n) is 5.88. The normalized spacial score (nSPS) is 24.6. The van der Waals surface area contributed by atoms with Gasteiger partial charge in [-0.1, -0.05) is 6.92 Å². The van der Waals surface area contributed by atoms with Gasteiger partial charge in [-0.25, -0.2) is 4.79 Å². The molecule has 0 aliphatic carbocycles. The lowest BCUT2D eigenvalue weighted by atomic mass is 10.0. The van der Waals surface area contributed by atoms with Crippen LogP contribution in [0, 0.1) is 0 Å². The SMILES string of the molecule is CCCN(CC(C)(O)C(=O)O)C1CCNC1. The Labute approximate surface area is 96.4 Å². The van der Waals surface area contributed by atoms with Gasteiger partial charge in [-0.15, -0.1) is 0 Å². The zero-order valence-electron chi connectivity index (χ0n) is 10.1. The van der Waals surface area contributed by atoms with Crippen LogP contribution in [0.25, 0.3) is 0 Å². The molecule has 1 heterocycles. The summed E-state index contributed by atoms with van der Waals surface area (Å²) in [4.78, 5) is 13.0. The second-order valence-electron chi connectivity index (χ2n) is 4.70. The van der Waals surface area contributed by atoms with E-state index in [1.807, 2.05) is 0 Å². The maximum atomic E-state index is 10.9. The Morgan fingerprint density at radius 2 is 2.31 bits per heavy atom. The highest BCUT2D eigenvalue weighted by atomic mass is 16.4. The van der Waals surface area contributed by atoms with Gasteiger partial charge in [-0.05, 0) is 32.9 Å². The largest absolute Gasteiger partial charge is 0.479 e. The number of hydrogen-bond acceptors (Lipinski definition) is 4. The van der Waals surface area contributed by atoms with Crippen LogP contribution in [-0.4, -0.2) is 58.9 Å². The Morgan fingerprint density at radius 1 is 1.62 bits per heavy atom. The molecule has 3 N–H and O–H groups in total. The first-order chi connectivity index (χ1) is 7.47. The van der Waals surface area contributed by atoms with Crippen LogP contribution in [-0.2, 0) is 4.79 Å². The van der Waals surface area contributed by atoms with E-state index in [4.69, 9.17) is 5.11 Å². The van der Waals surface area contributed by atoms with Crippen LogP contribution in [0.4, 0.5) is 0 Å². The summed E-state index contributed by atoms with van der Waals surface area (Å²) in [5.41, 5.74) is -1.65. The second-order valence-corrected chi connectivity index (χ2v) is 4.70. The fourth-order valence-corrected chi connectivity index (χ4v) is 2.09. The van der Waals surface area contributed by atoms with E-state index in [1.54, 1.807) is 0 Å². The molecule has 94 valence electrons. The summed E-state index contributed by atoms with van der Waals surface area (Å²) in [5, 5.41) is 22.0. The molecular weight excluding hydrogens is 208 g/mol. The number of carboxylic acid groups (broad SMARTS) is 1. The van der Waals surface area contributed by atoms with E-state index in [2.05, 4.69) is 17.1 Å². The maximum absolute atomic E-state index is 10.9. The number of hydrogen-bond donors (Lipinski definition) is 3. The Bertz CT molecular complexity index is 237. The molecule has 0 bridgehead atoms. The van der Waals surface area contributed by atoms with Crippen molar-refractivity contribution < 1.29 is 15.0 Å². The molecular formula is C11H22N2O3. The summed E-state index contributed by atoms with van der Waals surface area (Å²) < 4.78 is 0. The standard InChI is InChI=1S/C11H22N2O3/c1-3-6-13(9-4-5-12-7-9)8-11(2,16)10(14)15/h9,12,16H,3-8H2,1-2H3,(H,14,15). The van der Waals surface area contributed by atoms with Crippen molar-refractivity contribution in [3.63, 3.8) is 0 Å². The van der Waals surface area contributed by atoms with Crippen molar-refractivity contribution in [1.29, 1.82) is 0 Å². The van der Waals surface area contributed by atoms with Crippen LogP contribution in [0.2, 0.25) is 0 Å². The van der Waals surface area contributed by atoms with Crippen molar-refractivity contribution in [3.05, 3.63) is 0 Å². The Morgan fingerprint density at radius 3 is 2.75 bits per heavy atom. The van der Waals surface area contributed by atoms with Gasteiger partial charge in [0.15, 0.2) is 5.60 Å². The third-order valence-corrected chi connectivity index (χ3v) is 3.03. The van der Waals surface area contributed by atoms with E-state index in [0.29, 0.717) is 6.04 Å². The van der Waals surface area contributed by atoms with Gasteiger partial charge in [0.05, 0.1) is 0 Å². The topological polar surface area (TPSA) is 72.8 Å². The van der Waals surface area contributed by atoms with E-state index in [1.165, 1.54) is 6.92 Å². The lowest BCUT2D eigenvalue weighted by Crippen LogP contribution is -2.50. The van der Waals surface area contributed by atoms with Crippen molar-refractivity contribution >= 4 is 5.97 Å². The summed E-state index contributed by atoms with van der Waals surface area (Å²) in [7, 11) is 0. The Balaban J connectivity index is 2.59. The summed E-state index contributed by atoms with van der Waals surface area (Å²) >= 11 is 0. The van der Waals surface area contributed by atoms with E-state index >= 15 is 0 Å². The average Bonchev–Trinajstić information content (AvgIpc) is 2.69. The molecule has 5 heteroatoms. The van der Waals surface area contributed by atoms with Gasteiger partial charge >= 0.3 is 5.97 Å². The second kappa shape index (κ2) is 5.61. The smallest absolute Gasteiger partial charge is 0.336 e. The highest BCUT2D eigenvalue weighted by Crippen LogP contribution is 2.14. The molecule has 16 heavy (non-hydrogen) atoms. The number of aliphatic carboxylic acids is 1. The van der Waals surface area contributed by atoms with Gasteiger partial charge < -0.3 is 15.5 Å². The molecule has 1 fully saturated rings. The van der Waals surface area contributed by atoms with Crippen LogP contribution in [0.15, 0.2) is 0 Å².